The molecule has 16 heavy (non-hydrogen) atoms. The summed E-state index contributed by atoms with van der Waals surface area (Å²) in [6.07, 6.45) is 4.43. The third-order valence-electron chi connectivity index (χ3n) is 4.40. The molecule has 2 aliphatic rings. The molecule has 1 heterocycles. The van der Waals surface area contributed by atoms with E-state index in [1.165, 1.54) is 25.9 Å². The second kappa shape index (κ2) is 5.03. The zero-order chi connectivity index (χ0) is 11.7. The lowest BCUT2D eigenvalue weighted by Gasteiger charge is -2.33. The fourth-order valence-corrected chi connectivity index (χ4v) is 3.43. The number of rotatable bonds is 2. The summed E-state index contributed by atoms with van der Waals surface area (Å²) in [7, 11) is 4.36. The molecule has 1 aliphatic carbocycles. The summed E-state index contributed by atoms with van der Waals surface area (Å²) in [6.45, 7) is 4.75. The number of aliphatic hydroxyl groups is 1. The predicted octanol–water partition coefficient (Wildman–Crippen LogP) is 1.17. The molecule has 2 rings (SSSR count). The van der Waals surface area contributed by atoms with Crippen molar-refractivity contribution in [3.8, 4) is 0 Å². The van der Waals surface area contributed by atoms with Gasteiger partial charge < -0.3 is 10.0 Å². The van der Waals surface area contributed by atoms with Crippen molar-refractivity contribution in [1.29, 1.82) is 0 Å². The zero-order valence-corrected chi connectivity index (χ0v) is 10.9. The molecule has 2 fully saturated rings. The van der Waals surface area contributed by atoms with Crippen LogP contribution in [0.25, 0.3) is 0 Å². The van der Waals surface area contributed by atoms with Crippen molar-refractivity contribution >= 4 is 0 Å². The van der Waals surface area contributed by atoms with Gasteiger partial charge in [-0.25, -0.2) is 0 Å². The minimum atomic E-state index is -0.0486. The first kappa shape index (κ1) is 12.3. The highest BCUT2D eigenvalue weighted by atomic mass is 16.3. The Balaban J connectivity index is 1.91. The quantitative estimate of drug-likeness (QED) is 0.766. The molecule has 0 amide bonds. The molecule has 0 bridgehead atoms. The number of likely N-dealkylation sites (tertiary alicyclic amines) is 1. The Hall–Kier alpha value is -0.120. The standard InChI is InChI=1S/C13H26N2O/c1-10-8-15(9-13(10)14(2)3)11-5-4-6-12(16)7-11/h10-13,16H,4-9H2,1-3H3. The maximum atomic E-state index is 9.74. The lowest BCUT2D eigenvalue weighted by atomic mass is 9.92. The number of hydrogen-bond donors (Lipinski definition) is 1. The largest absolute Gasteiger partial charge is 0.393 e. The monoisotopic (exact) mass is 226 g/mol. The Labute approximate surface area is 99.4 Å². The second-order valence-electron chi connectivity index (χ2n) is 5.94. The van der Waals surface area contributed by atoms with Gasteiger partial charge in [-0.1, -0.05) is 6.92 Å². The van der Waals surface area contributed by atoms with Crippen molar-refractivity contribution in [3.05, 3.63) is 0 Å². The topological polar surface area (TPSA) is 26.7 Å². The van der Waals surface area contributed by atoms with E-state index in [4.69, 9.17) is 0 Å². The molecular formula is C13H26N2O. The molecule has 0 spiro atoms. The van der Waals surface area contributed by atoms with E-state index in [2.05, 4.69) is 30.8 Å². The van der Waals surface area contributed by atoms with Crippen LogP contribution < -0.4 is 0 Å². The minimum absolute atomic E-state index is 0.0486. The van der Waals surface area contributed by atoms with Gasteiger partial charge in [-0.05, 0) is 45.7 Å². The van der Waals surface area contributed by atoms with Gasteiger partial charge in [0.15, 0.2) is 0 Å². The molecular weight excluding hydrogens is 200 g/mol. The summed E-state index contributed by atoms with van der Waals surface area (Å²) in [4.78, 5) is 4.96. The number of likely N-dealkylation sites (N-methyl/N-ethyl adjacent to an activating group) is 1. The number of aliphatic hydroxyl groups excluding tert-OH is 1. The van der Waals surface area contributed by atoms with Crippen molar-refractivity contribution < 1.29 is 5.11 Å². The maximum absolute atomic E-state index is 9.74. The number of hydrogen-bond acceptors (Lipinski definition) is 3. The summed E-state index contributed by atoms with van der Waals surface area (Å²) in [6, 6.07) is 1.33. The zero-order valence-electron chi connectivity index (χ0n) is 10.9. The van der Waals surface area contributed by atoms with E-state index in [0.29, 0.717) is 12.1 Å². The molecule has 3 nitrogen and oxygen atoms in total. The van der Waals surface area contributed by atoms with Gasteiger partial charge >= 0.3 is 0 Å². The van der Waals surface area contributed by atoms with Crippen LogP contribution in [-0.2, 0) is 0 Å². The Morgan fingerprint density at radius 2 is 1.94 bits per heavy atom. The summed E-state index contributed by atoms with van der Waals surface area (Å²) >= 11 is 0. The van der Waals surface area contributed by atoms with Crippen LogP contribution in [0.15, 0.2) is 0 Å². The van der Waals surface area contributed by atoms with Crippen molar-refractivity contribution in [2.45, 2.75) is 50.8 Å². The molecule has 0 aromatic rings. The molecule has 94 valence electrons. The highest BCUT2D eigenvalue weighted by Crippen LogP contribution is 2.29. The van der Waals surface area contributed by atoms with Crippen LogP contribution in [0.4, 0.5) is 0 Å². The molecule has 0 radical (unpaired) electrons. The molecule has 1 aliphatic heterocycles. The van der Waals surface area contributed by atoms with Gasteiger partial charge in [0.25, 0.3) is 0 Å². The third-order valence-corrected chi connectivity index (χ3v) is 4.40. The molecule has 4 unspecified atom stereocenters. The highest BCUT2D eigenvalue weighted by Gasteiger charge is 2.36. The first-order valence-corrected chi connectivity index (χ1v) is 6.66. The average molecular weight is 226 g/mol. The van der Waals surface area contributed by atoms with Gasteiger partial charge in [-0.3, -0.25) is 4.90 Å². The van der Waals surface area contributed by atoms with Gasteiger partial charge in [0.2, 0.25) is 0 Å². The second-order valence-corrected chi connectivity index (χ2v) is 5.94. The molecule has 1 saturated heterocycles. The van der Waals surface area contributed by atoms with E-state index in [1.807, 2.05) is 0 Å². The first-order chi connectivity index (χ1) is 7.58. The van der Waals surface area contributed by atoms with Gasteiger partial charge in [0.05, 0.1) is 6.10 Å². The van der Waals surface area contributed by atoms with E-state index in [-0.39, 0.29) is 6.10 Å². The summed E-state index contributed by atoms with van der Waals surface area (Å²) in [5, 5.41) is 9.74. The molecule has 0 aromatic heterocycles. The predicted molar refractivity (Wildman–Crippen MR) is 66.5 cm³/mol. The van der Waals surface area contributed by atoms with E-state index >= 15 is 0 Å². The Bertz CT molecular complexity index is 232. The summed E-state index contributed by atoms with van der Waals surface area (Å²) in [5.74, 6) is 0.758. The molecule has 1 saturated carbocycles. The lowest BCUT2D eigenvalue weighted by Crippen LogP contribution is -2.40. The fourth-order valence-electron chi connectivity index (χ4n) is 3.43. The van der Waals surface area contributed by atoms with E-state index in [1.54, 1.807) is 0 Å². The van der Waals surface area contributed by atoms with E-state index in [0.717, 1.165) is 18.8 Å². The lowest BCUT2D eigenvalue weighted by molar-refractivity contribution is 0.0690. The molecule has 4 atom stereocenters. The third kappa shape index (κ3) is 2.58. The van der Waals surface area contributed by atoms with Gasteiger partial charge in [-0.2, -0.15) is 0 Å². The van der Waals surface area contributed by atoms with Crippen LogP contribution >= 0.6 is 0 Å². The summed E-state index contributed by atoms with van der Waals surface area (Å²) in [5.41, 5.74) is 0. The van der Waals surface area contributed by atoms with Crippen LogP contribution in [0.3, 0.4) is 0 Å². The van der Waals surface area contributed by atoms with Crippen LogP contribution in [0.5, 0.6) is 0 Å². The van der Waals surface area contributed by atoms with Crippen LogP contribution in [0, 0.1) is 5.92 Å². The first-order valence-electron chi connectivity index (χ1n) is 6.66. The van der Waals surface area contributed by atoms with Crippen LogP contribution in [0.2, 0.25) is 0 Å². The van der Waals surface area contributed by atoms with E-state index in [9.17, 15) is 5.11 Å². The van der Waals surface area contributed by atoms with Crippen molar-refractivity contribution in [1.82, 2.24) is 9.80 Å². The Kier molecular flexibility index (Phi) is 3.88. The Morgan fingerprint density at radius 3 is 2.50 bits per heavy atom. The summed E-state index contributed by atoms with van der Waals surface area (Å²) < 4.78 is 0. The van der Waals surface area contributed by atoms with Crippen molar-refractivity contribution in [3.63, 3.8) is 0 Å². The Morgan fingerprint density at radius 1 is 1.19 bits per heavy atom. The minimum Gasteiger partial charge on any atom is -0.393 e. The van der Waals surface area contributed by atoms with Crippen molar-refractivity contribution in [2.75, 3.05) is 27.2 Å². The number of nitrogens with zero attached hydrogens (tertiary/aromatic N) is 2. The highest BCUT2D eigenvalue weighted by molar-refractivity contribution is 4.91. The molecule has 0 aromatic carbocycles. The van der Waals surface area contributed by atoms with E-state index < -0.39 is 0 Å². The maximum Gasteiger partial charge on any atom is 0.0555 e. The van der Waals surface area contributed by atoms with Gasteiger partial charge in [0, 0.05) is 25.2 Å². The normalized spacial score (nSPS) is 41.8. The average Bonchev–Trinajstić information content (AvgIpc) is 2.60. The SMILES string of the molecule is CC1CN(C2CCCC(O)C2)CC1N(C)C. The molecule has 3 heteroatoms. The van der Waals surface area contributed by atoms with Gasteiger partial charge in [0.1, 0.15) is 0 Å². The van der Waals surface area contributed by atoms with Crippen molar-refractivity contribution in [2.24, 2.45) is 5.92 Å². The van der Waals surface area contributed by atoms with Crippen LogP contribution in [-0.4, -0.2) is 60.3 Å². The van der Waals surface area contributed by atoms with Crippen LogP contribution in [0.1, 0.15) is 32.6 Å². The smallest absolute Gasteiger partial charge is 0.0555 e. The van der Waals surface area contributed by atoms with Gasteiger partial charge in [-0.15, -0.1) is 0 Å². The molecule has 1 N–H and O–H groups in total. The fraction of sp³-hybridized carbons (Fsp3) is 1.00.